The third-order valence-electron chi connectivity index (χ3n) is 4.67. The van der Waals surface area contributed by atoms with Gasteiger partial charge in [-0.25, -0.2) is 4.98 Å². The van der Waals surface area contributed by atoms with E-state index in [0.717, 1.165) is 5.56 Å². The van der Waals surface area contributed by atoms with Crippen LogP contribution in [0.1, 0.15) is 30.0 Å². The topological polar surface area (TPSA) is 124 Å². The highest BCUT2D eigenvalue weighted by molar-refractivity contribution is 6.32. The van der Waals surface area contributed by atoms with Gasteiger partial charge in [0, 0.05) is 12.5 Å². The molecular weight excluding hydrogens is 444 g/mol. The first-order valence-electron chi connectivity index (χ1n) is 10.2. The van der Waals surface area contributed by atoms with Gasteiger partial charge in [-0.3, -0.25) is 15.0 Å². The van der Waals surface area contributed by atoms with Crippen LogP contribution in [-0.4, -0.2) is 32.8 Å². The number of hydrazone groups is 1. The number of aliphatic carboxylic acids is 1. The Morgan fingerprint density at radius 1 is 1.09 bits per heavy atom. The Hall–Kier alpha value is -3.91. The molecule has 8 nitrogen and oxygen atoms in total. The summed E-state index contributed by atoms with van der Waals surface area (Å²) in [6.45, 7) is 1.40. The number of carbonyl (C=O) groups is 2. The fraction of sp³-hybridized carbons (Fsp3) is 0.167. The summed E-state index contributed by atoms with van der Waals surface area (Å²) < 4.78 is 0. The number of carbonyl (C=O) groups excluding carboxylic acids is 1. The van der Waals surface area contributed by atoms with Crippen molar-refractivity contribution in [3.05, 3.63) is 82.5 Å². The zero-order chi connectivity index (χ0) is 23.8. The Morgan fingerprint density at radius 2 is 1.85 bits per heavy atom. The van der Waals surface area contributed by atoms with E-state index in [9.17, 15) is 14.7 Å². The van der Waals surface area contributed by atoms with E-state index in [0.29, 0.717) is 41.2 Å². The van der Waals surface area contributed by atoms with Crippen molar-refractivity contribution in [2.24, 2.45) is 5.10 Å². The first kappa shape index (κ1) is 23.7. The highest BCUT2D eigenvalue weighted by atomic mass is 35.5. The molecule has 2 aromatic carbocycles. The number of phenols is 1. The monoisotopic (exact) mass is 466 g/mol. The Balaban J connectivity index is 1.91. The summed E-state index contributed by atoms with van der Waals surface area (Å²) in [5, 5.41) is 26.9. The lowest BCUT2D eigenvalue weighted by molar-refractivity contribution is -0.136. The molecule has 0 saturated carbocycles. The van der Waals surface area contributed by atoms with Crippen molar-refractivity contribution in [3.63, 3.8) is 0 Å². The summed E-state index contributed by atoms with van der Waals surface area (Å²) in [5.74, 6) is -0.988. The van der Waals surface area contributed by atoms with E-state index in [-0.39, 0.29) is 23.1 Å². The Bertz CT molecular complexity index is 1170. The molecule has 1 heterocycles. The molecule has 1 amide bonds. The van der Waals surface area contributed by atoms with Crippen molar-refractivity contribution in [1.82, 2.24) is 4.98 Å². The third-order valence-corrected chi connectivity index (χ3v) is 4.96. The number of rotatable bonds is 9. The summed E-state index contributed by atoms with van der Waals surface area (Å²) in [7, 11) is 0. The van der Waals surface area contributed by atoms with E-state index in [1.165, 1.54) is 19.2 Å². The quantitative estimate of drug-likeness (QED) is 0.272. The number of carboxylic acid groups (broad SMARTS) is 1. The largest absolute Gasteiger partial charge is 0.506 e. The van der Waals surface area contributed by atoms with Crippen LogP contribution in [0, 0.1) is 0 Å². The number of halogens is 1. The van der Waals surface area contributed by atoms with E-state index >= 15 is 0 Å². The molecule has 0 spiro atoms. The molecule has 3 rings (SSSR count). The van der Waals surface area contributed by atoms with Crippen molar-refractivity contribution in [1.29, 1.82) is 0 Å². The molecule has 0 atom stereocenters. The molecule has 4 N–H and O–H groups in total. The maximum Gasteiger partial charge on any atom is 0.307 e. The Labute approximate surface area is 195 Å². The minimum Gasteiger partial charge on any atom is -0.506 e. The number of hydrogen-bond acceptors (Lipinski definition) is 6. The lowest BCUT2D eigenvalue weighted by atomic mass is 9.98. The fourth-order valence-electron chi connectivity index (χ4n) is 3.16. The van der Waals surface area contributed by atoms with Crippen LogP contribution < -0.4 is 10.7 Å². The predicted octanol–water partition coefficient (Wildman–Crippen LogP) is 4.48. The molecule has 0 aliphatic heterocycles. The molecule has 1 aromatic heterocycles. The number of amides is 1. The summed E-state index contributed by atoms with van der Waals surface area (Å²) in [5.41, 5.74) is 5.86. The molecule has 33 heavy (non-hydrogen) atoms. The second-order valence-electron chi connectivity index (χ2n) is 7.31. The molecular formula is C24H23ClN4O4. The minimum absolute atomic E-state index is 0.0532. The number of aromatic hydroxyl groups is 1. The van der Waals surface area contributed by atoms with Crippen LogP contribution in [0.3, 0.4) is 0 Å². The zero-order valence-corrected chi connectivity index (χ0v) is 18.6. The van der Waals surface area contributed by atoms with Crippen LogP contribution >= 0.6 is 11.6 Å². The van der Waals surface area contributed by atoms with E-state index in [1.807, 2.05) is 30.3 Å². The summed E-state index contributed by atoms with van der Waals surface area (Å²) in [4.78, 5) is 26.5. The van der Waals surface area contributed by atoms with Gasteiger partial charge in [-0.15, -0.1) is 0 Å². The summed E-state index contributed by atoms with van der Waals surface area (Å²) in [6.07, 6.45) is 2.37. The van der Waals surface area contributed by atoms with Gasteiger partial charge in [-0.1, -0.05) is 41.9 Å². The van der Waals surface area contributed by atoms with Gasteiger partial charge in [0.2, 0.25) is 5.91 Å². The molecule has 0 saturated heterocycles. The van der Waals surface area contributed by atoms with E-state index in [4.69, 9.17) is 16.7 Å². The second kappa shape index (κ2) is 11.1. The van der Waals surface area contributed by atoms with Gasteiger partial charge in [-0.05, 0) is 48.2 Å². The molecule has 3 aromatic rings. The van der Waals surface area contributed by atoms with Crippen LogP contribution in [-0.2, 0) is 22.4 Å². The second-order valence-corrected chi connectivity index (χ2v) is 7.72. The van der Waals surface area contributed by atoms with Crippen molar-refractivity contribution in [2.45, 2.75) is 26.2 Å². The standard InChI is InChI=1S/C24H23ClN4O4/c1-15(30)27-22-10-8-18(14-26-22)28-29-21(9-7-16-5-3-2-4-6-16)19-11-17(13-23(31)32)12-20(25)24(19)33/h2-6,8,10-12,14,28,33H,7,9,13H2,1H3,(H,31,32)(H,26,27,30). The van der Waals surface area contributed by atoms with Crippen LogP contribution in [0.25, 0.3) is 0 Å². The van der Waals surface area contributed by atoms with Gasteiger partial charge >= 0.3 is 5.97 Å². The molecule has 0 unspecified atom stereocenters. The van der Waals surface area contributed by atoms with Gasteiger partial charge in [0.25, 0.3) is 0 Å². The van der Waals surface area contributed by atoms with E-state index in [1.54, 1.807) is 18.2 Å². The Morgan fingerprint density at radius 3 is 2.48 bits per heavy atom. The number of nitrogens with zero attached hydrogens (tertiary/aromatic N) is 2. The van der Waals surface area contributed by atoms with Gasteiger partial charge in [-0.2, -0.15) is 5.10 Å². The highest BCUT2D eigenvalue weighted by Gasteiger charge is 2.16. The molecule has 9 heteroatoms. The maximum absolute atomic E-state index is 11.2. The van der Waals surface area contributed by atoms with Crippen LogP contribution in [0.4, 0.5) is 11.5 Å². The van der Waals surface area contributed by atoms with Crippen LogP contribution in [0.5, 0.6) is 5.75 Å². The van der Waals surface area contributed by atoms with Crippen LogP contribution in [0.2, 0.25) is 5.02 Å². The molecule has 0 aliphatic rings. The van der Waals surface area contributed by atoms with Crippen molar-refractivity contribution in [2.75, 3.05) is 10.7 Å². The number of aromatic nitrogens is 1. The molecule has 0 radical (unpaired) electrons. The summed E-state index contributed by atoms with van der Waals surface area (Å²) >= 11 is 6.18. The maximum atomic E-state index is 11.2. The Kier molecular flexibility index (Phi) is 7.99. The predicted molar refractivity (Wildman–Crippen MR) is 128 cm³/mol. The van der Waals surface area contributed by atoms with Gasteiger partial charge in [0.1, 0.15) is 11.6 Å². The number of anilines is 2. The number of pyridine rings is 1. The highest BCUT2D eigenvalue weighted by Crippen LogP contribution is 2.31. The average molecular weight is 467 g/mol. The first-order valence-corrected chi connectivity index (χ1v) is 10.5. The fourth-order valence-corrected chi connectivity index (χ4v) is 3.40. The van der Waals surface area contributed by atoms with Gasteiger partial charge in [0.15, 0.2) is 0 Å². The van der Waals surface area contributed by atoms with E-state index < -0.39 is 5.97 Å². The average Bonchev–Trinajstić information content (AvgIpc) is 2.77. The molecule has 170 valence electrons. The number of benzene rings is 2. The first-order chi connectivity index (χ1) is 15.8. The minimum atomic E-state index is -1.01. The smallest absolute Gasteiger partial charge is 0.307 e. The number of aryl methyl sites for hydroxylation is 1. The van der Waals surface area contributed by atoms with E-state index in [2.05, 4.69) is 20.8 Å². The van der Waals surface area contributed by atoms with Gasteiger partial charge < -0.3 is 15.5 Å². The third kappa shape index (κ3) is 7.05. The molecule has 0 fully saturated rings. The number of hydrogen-bond donors (Lipinski definition) is 4. The van der Waals surface area contributed by atoms with Gasteiger partial charge in [0.05, 0.1) is 29.0 Å². The van der Waals surface area contributed by atoms with Crippen molar-refractivity contribution < 1.29 is 19.8 Å². The van der Waals surface area contributed by atoms with Crippen molar-refractivity contribution >= 4 is 40.7 Å². The summed E-state index contributed by atoms with van der Waals surface area (Å²) in [6, 6.07) is 16.1. The normalized spacial score (nSPS) is 11.2. The number of carboxylic acids is 1. The zero-order valence-electron chi connectivity index (χ0n) is 17.9. The lowest BCUT2D eigenvalue weighted by Gasteiger charge is -2.13. The number of nitrogens with one attached hydrogen (secondary N) is 2. The molecule has 0 bridgehead atoms. The van der Waals surface area contributed by atoms with Crippen LogP contribution in [0.15, 0.2) is 65.9 Å². The lowest BCUT2D eigenvalue weighted by Crippen LogP contribution is -2.10. The number of phenolic OH excluding ortho intramolecular Hbond substituents is 1. The SMILES string of the molecule is CC(=O)Nc1ccc(NN=C(CCc2ccccc2)c2cc(CC(=O)O)cc(Cl)c2O)cn1. The molecule has 0 aliphatic carbocycles. The van der Waals surface area contributed by atoms with Crippen molar-refractivity contribution in [3.8, 4) is 5.75 Å².